The van der Waals surface area contributed by atoms with Gasteiger partial charge < -0.3 is 10.5 Å². The van der Waals surface area contributed by atoms with Gasteiger partial charge in [-0.25, -0.2) is 0 Å². The number of hydrogen-bond acceptors (Lipinski definition) is 3. The van der Waals surface area contributed by atoms with Gasteiger partial charge in [-0.1, -0.05) is 6.42 Å². The van der Waals surface area contributed by atoms with Crippen molar-refractivity contribution >= 4 is 0 Å². The fraction of sp³-hybridized carbons (Fsp3) is 1.00. The first-order valence-electron chi connectivity index (χ1n) is 6.11. The number of nitrogens with two attached hydrogens (primary N) is 1. The van der Waals surface area contributed by atoms with Crippen molar-refractivity contribution in [3.8, 4) is 0 Å². The van der Waals surface area contributed by atoms with Crippen LogP contribution in [0, 0.1) is 0 Å². The third kappa shape index (κ3) is 5.50. The summed E-state index contributed by atoms with van der Waals surface area (Å²) in [6, 6.07) is 0.353. The fourth-order valence-electron chi connectivity index (χ4n) is 2.11. The first kappa shape index (κ1) is 12.9. The van der Waals surface area contributed by atoms with Gasteiger partial charge in [-0.05, 0) is 40.2 Å². The summed E-state index contributed by atoms with van der Waals surface area (Å²) in [6.07, 6.45) is 3.65. The summed E-state index contributed by atoms with van der Waals surface area (Å²) in [7, 11) is 0. The van der Waals surface area contributed by atoms with Crippen molar-refractivity contribution in [1.29, 1.82) is 0 Å². The minimum absolute atomic E-state index is 0.0411. The van der Waals surface area contributed by atoms with Gasteiger partial charge in [0.25, 0.3) is 0 Å². The largest absolute Gasteiger partial charge is 0.373 e. The van der Waals surface area contributed by atoms with Crippen LogP contribution >= 0.6 is 0 Å². The van der Waals surface area contributed by atoms with Gasteiger partial charge in [0.1, 0.15) is 0 Å². The normalized spacial score (nSPS) is 24.0. The Morgan fingerprint density at radius 2 is 2.13 bits per heavy atom. The van der Waals surface area contributed by atoms with E-state index in [2.05, 4.69) is 25.7 Å². The van der Waals surface area contributed by atoms with Crippen molar-refractivity contribution in [2.75, 3.05) is 26.2 Å². The molecule has 0 aromatic carbocycles. The Balaban J connectivity index is 2.11. The summed E-state index contributed by atoms with van der Waals surface area (Å²) in [6.45, 7) is 10.6. The molecule has 0 amide bonds. The molecule has 1 aliphatic rings. The molecule has 2 N–H and O–H groups in total. The maximum absolute atomic E-state index is 5.72. The van der Waals surface area contributed by atoms with E-state index in [1.807, 2.05) is 0 Å². The van der Waals surface area contributed by atoms with Crippen molar-refractivity contribution < 1.29 is 4.74 Å². The molecule has 1 heterocycles. The summed E-state index contributed by atoms with van der Waals surface area (Å²) in [5, 5.41) is 0. The maximum Gasteiger partial charge on any atom is 0.0753 e. The predicted octanol–water partition coefficient (Wildman–Crippen LogP) is 1.61. The van der Waals surface area contributed by atoms with Gasteiger partial charge in [0, 0.05) is 19.1 Å². The second kappa shape index (κ2) is 5.83. The molecular weight excluding hydrogens is 188 g/mol. The number of rotatable bonds is 5. The van der Waals surface area contributed by atoms with E-state index in [1.165, 1.54) is 19.4 Å². The van der Waals surface area contributed by atoms with Crippen LogP contribution in [0.15, 0.2) is 0 Å². The van der Waals surface area contributed by atoms with Crippen LogP contribution in [0.4, 0.5) is 0 Å². The van der Waals surface area contributed by atoms with Gasteiger partial charge in [0.2, 0.25) is 0 Å². The molecule has 3 heteroatoms. The third-order valence-electron chi connectivity index (χ3n) is 2.89. The lowest BCUT2D eigenvalue weighted by Crippen LogP contribution is -2.48. The maximum atomic E-state index is 5.72. The van der Waals surface area contributed by atoms with E-state index in [1.54, 1.807) is 0 Å². The van der Waals surface area contributed by atoms with Crippen LogP contribution in [0.1, 0.15) is 40.0 Å². The molecular formula is C12H26N2O. The summed E-state index contributed by atoms with van der Waals surface area (Å²) in [5.74, 6) is 0. The lowest BCUT2D eigenvalue weighted by atomic mass is 10.1. The molecule has 0 radical (unpaired) electrons. The molecule has 1 unspecified atom stereocenters. The predicted molar refractivity (Wildman–Crippen MR) is 64.0 cm³/mol. The minimum atomic E-state index is 0.0411. The van der Waals surface area contributed by atoms with E-state index < -0.39 is 0 Å². The molecule has 1 rings (SSSR count). The van der Waals surface area contributed by atoms with Crippen LogP contribution in [-0.4, -0.2) is 42.8 Å². The highest BCUT2D eigenvalue weighted by Gasteiger charge is 2.26. The van der Waals surface area contributed by atoms with Gasteiger partial charge in [-0.2, -0.15) is 0 Å². The average Bonchev–Trinajstić information content (AvgIpc) is 2.10. The number of ether oxygens (including phenoxy) is 1. The Bertz CT molecular complexity index is 180. The Morgan fingerprint density at radius 1 is 1.40 bits per heavy atom. The molecule has 0 aliphatic carbocycles. The van der Waals surface area contributed by atoms with Gasteiger partial charge in [0.15, 0.2) is 0 Å². The number of nitrogens with zero attached hydrogens (tertiary/aromatic N) is 1. The molecule has 90 valence electrons. The van der Waals surface area contributed by atoms with Crippen LogP contribution in [0.5, 0.6) is 0 Å². The SMILES string of the molecule is CC(N)CCCCN1CCOC(C)(C)C1. The van der Waals surface area contributed by atoms with Crippen LogP contribution in [0.3, 0.4) is 0 Å². The Hall–Kier alpha value is -0.120. The van der Waals surface area contributed by atoms with Crippen LogP contribution in [0.25, 0.3) is 0 Å². The van der Waals surface area contributed by atoms with Crippen LogP contribution in [0.2, 0.25) is 0 Å². The molecule has 15 heavy (non-hydrogen) atoms. The average molecular weight is 214 g/mol. The molecule has 1 atom stereocenters. The molecule has 0 aromatic heterocycles. The molecule has 0 bridgehead atoms. The van der Waals surface area contributed by atoms with Gasteiger partial charge in [-0.3, -0.25) is 4.90 Å². The zero-order chi connectivity index (χ0) is 11.3. The number of hydrogen-bond donors (Lipinski definition) is 1. The zero-order valence-electron chi connectivity index (χ0n) is 10.5. The lowest BCUT2D eigenvalue weighted by molar-refractivity contribution is -0.0861. The number of unbranched alkanes of at least 4 members (excludes halogenated alkanes) is 1. The molecule has 1 aliphatic heterocycles. The summed E-state index contributed by atoms with van der Waals surface area (Å²) in [5.41, 5.74) is 5.76. The van der Waals surface area contributed by atoms with E-state index in [4.69, 9.17) is 10.5 Å². The molecule has 0 aromatic rings. The van der Waals surface area contributed by atoms with E-state index in [0.29, 0.717) is 6.04 Å². The number of morpholine rings is 1. The van der Waals surface area contributed by atoms with Gasteiger partial charge >= 0.3 is 0 Å². The smallest absolute Gasteiger partial charge is 0.0753 e. The molecule has 1 saturated heterocycles. The van der Waals surface area contributed by atoms with Crippen LogP contribution in [-0.2, 0) is 4.74 Å². The van der Waals surface area contributed by atoms with E-state index in [0.717, 1.165) is 26.1 Å². The van der Waals surface area contributed by atoms with E-state index in [9.17, 15) is 0 Å². The lowest BCUT2D eigenvalue weighted by Gasteiger charge is -2.38. The van der Waals surface area contributed by atoms with Gasteiger partial charge in [0.05, 0.1) is 12.2 Å². The quantitative estimate of drug-likeness (QED) is 0.707. The summed E-state index contributed by atoms with van der Waals surface area (Å²) in [4.78, 5) is 2.50. The highest BCUT2D eigenvalue weighted by Crippen LogP contribution is 2.16. The zero-order valence-corrected chi connectivity index (χ0v) is 10.5. The first-order valence-corrected chi connectivity index (χ1v) is 6.11. The third-order valence-corrected chi connectivity index (χ3v) is 2.89. The fourth-order valence-corrected chi connectivity index (χ4v) is 2.11. The summed E-state index contributed by atoms with van der Waals surface area (Å²) >= 11 is 0. The van der Waals surface area contributed by atoms with E-state index in [-0.39, 0.29) is 5.60 Å². The van der Waals surface area contributed by atoms with E-state index >= 15 is 0 Å². The molecule has 3 nitrogen and oxygen atoms in total. The Labute approximate surface area is 94.0 Å². The second-order valence-electron chi connectivity index (χ2n) is 5.36. The highest BCUT2D eigenvalue weighted by molar-refractivity contribution is 4.78. The first-order chi connectivity index (χ1) is 6.99. The standard InChI is InChI=1S/C12H26N2O/c1-11(13)6-4-5-7-14-8-9-15-12(2,3)10-14/h11H,4-10,13H2,1-3H3. The topological polar surface area (TPSA) is 38.5 Å². The van der Waals surface area contributed by atoms with Crippen molar-refractivity contribution in [1.82, 2.24) is 4.90 Å². The molecule has 0 saturated carbocycles. The molecule has 1 fully saturated rings. The minimum Gasteiger partial charge on any atom is -0.373 e. The van der Waals surface area contributed by atoms with Gasteiger partial charge in [-0.15, -0.1) is 0 Å². The monoisotopic (exact) mass is 214 g/mol. The van der Waals surface area contributed by atoms with Crippen molar-refractivity contribution in [3.05, 3.63) is 0 Å². The van der Waals surface area contributed by atoms with Crippen molar-refractivity contribution in [2.24, 2.45) is 5.73 Å². The van der Waals surface area contributed by atoms with Crippen molar-refractivity contribution in [2.45, 2.75) is 51.7 Å². The summed E-state index contributed by atoms with van der Waals surface area (Å²) < 4.78 is 5.68. The Morgan fingerprint density at radius 3 is 2.73 bits per heavy atom. The molecule has 0 spiro atoms. The van der Waals surface area contributed by atoms with Crippen LogP contribution < -0.4 is 5.73 Å². The second-order valence-corrected chi connectivity index (χ2v) is 5.36. The Kier molecular flexibility index (Phi) is 5.03. The highest BCUT2D eigenvalue weighted by atomic mass is 16.5. The van der Waals surface area contributed by atoms with Crippen molar-refractivity contribution in [3.63, 3.8) is 0 Å².